The highest BCUT2D eigenvalue weighted by molar-refractivity contribution is 5.78. The van der Waals surface area contributed by atoms with E-state index in [1.54, 1.807) is 6.20 Å². The summed E-state index contributed by atoms with van der Waals surface area (Å²) in [5, 5.41) is 6.24. The molecular weight excluding hydrogens is 214 g/mol. The zero-order valence-corrected chi connectivity index (χ0v) is 10.2. The number of carbonyl (C=O) groups excluding carboxylic acids is 1. The average Bonchev–Trinajstić information content (AvgIpc) is 2.38. The molecule has 2 N–H and O–H groups in total. The number of aryl methyl sites for hydroxylation is 1. The SMILES string of the molecule is Cc1ccncc1CNC(=O)C1CCCNC1. The van der Waals surface area contributed by atoms with Gasteiger partial charge >= 0.3 is 0 Å². The molecule has 2 rings (SSSR count). The number of amides is 1. The predicted octanol–water partition coefficient (Wildman–Crippen LogP) is 1.01. The van der Waals surface area contributed by atoms with Crippen LogP contribution < -0.4 is 10.6 Å². The van der Waals surface area contributed by atoms with Gasteiger partial charge in [-0.15, -0.1) is 0 Å². The molecular formula is C13H19N3O. The van der Waals surface area contributed by atoms with E-state index in [9.17, 15) is 4.79 Å². The van der Waals surface area contributed by atoms with Crippen molar-refractivity contribution in [3.05, 3.63) is 29.6 Å². The third-order valence-electron chi connectivity index (χ3n) is 3.27. The summed E-state index contributed by atoms with van der Waals surface area (Å²) in [7, 11) is 0. The van der Waals surface area contributed by atoms with E-state index >= 15 is 0 Å². The van der Waals surface area contributed by atoms with Crippen molar-refractivity contribution in [3.8, 4) is 0 Å². The lowest BCUT2D eigenvalue weighted by molar-refractivity contribution is -0.125. The third kappa shape index (κ3) is 3.27. The summed E-state index contributed by atoms with van der Waals surface area (Å²) in [6, 6.07) is 1.96. The summed E-state index contributed by atoms with van der Waals surface area (Å²) in [6.07, 6.45) is 5.66. The van der Waals surface area contributed by atoms with Crippen LogP contribution in [0.3, 0.4) is 0 Å². The van der Waals surface area contributed by atoms with Crippen LogP contribution >= 0.6 is 0 Å². The van der Waals surface area contributed by atoms with Crippen LogP contribution in [0.4, 0.5) is 0 Å². The molecule has 0 aliphatic carbocycles. The van der Waals surface area contributed by atoms with Gasteiger partial charge in [-0.1, -0.05) is 0 Å². The van der Waals surface area contributed by atoms with E-state index in [4.69, 9.17) is 0 Å². The zero-order valence-electron chi connectivity index (χ0n) is 10.2. The maximum atomic E-state index is 11.9. The molecule has 1 atom stereocenters. The summed E-state index contributed by atoms with van der Waals surface area (Å²) >= 11 is 0. The molecule has 92 valence electrons. The van der Waals surface area contributed by atoms with Gasteiger partial charge in [0.25, 0.3) is 0 Å². The Kier molecular flexibility index (Phi) is 4.09. The molecule has 0 saturated carbocycles. The minimum atomic E-state index is 0.126. The van der Waals surface area contributed by atoms with Gasteiger partial charge in [0, 0.05) is 25.5 Å². The van der Waals surface area contributed by atoms with Crippen LogP contribution in [0.5, 0.6) is 0 Å². The molecule has 0 bridgehead atoms. The van der Waals surface area contributed by atoms with Crippen LogP contribution in [-0.2, 0) is 11.3 Å². The highest BCUT2D eigenvalue weighted by Gasteiger charge is 2.20. The second-order valence-corrected chi connectivity index (χ2v) is 4.56. The minimum absolute atomic E-state index is 0.126. The van der Waals surface area contributed by atoms with Crippen LogP contribution in [-0.4, -0.2) is 24.0 Å². The van der Waals surface area contributed by atoms with E-state index < -0.39 is 0 Å². The van der Waals surface area contributed by atoms with Crippen LogP contribution in [0, 0.1) is 12.8 Å². The molecule has 1 fully saturated rings. The second-order valence-electron chi connectivity index (χ2n) is 4.56. The Morgan fingerprint density at radius 1 is 1.65 bits per heavy atom. The van der Waals surface area contributed by atoms with E-state index in [0.717, 1.165) is 31.5 Å². The van der Waals surface area contributed by atoms with Gasteiger partial charge in [-0.25, -0.2) is 0 Å². The van der Waals surface area contributed by atoms with Gasteiger partial charge < -0.3 is 10.6 Å². The second kappa shape index (κ2) is 5.77. The molecule has 2 heterocycles. The number of piperidine rings is 1. The summed E-state index contributed by atoms with van der Waals surface area (Å²) in [5.74, 6) is 0.279. The molecule has 17 heavy (non-hydrogen) atoms. The van der Waals surface area contributed by atoms with E-state index in [2.05, 4.69) is 15.6 Å². The Bertz CT molecular complexity index is 386. The molecule has 1 aromatic heterocycles. The lowest BCUT2D eigenvalue weighted by Crippen LogP contribution is -2.40. The number of hydrogen-bond donors (Lipinski definition) is 2. The Labute approximate surface area is 102 Å². The fraction of sp³-hybridized carbons (Fsp3) is 0.538. The maximum Gasteiger partial charge on any atom is 0.224 e. The average molecular weight is 233 g/mol. The first kappa shape index (κ1) is 12.0. The minimum Gasteiger partial charge on any atom is -0.352 e. The lowest BCUT2D eigenvalue weighted by Gasteiger charge is -2.22. The van der Waals surface area contributed by atoms with Crippen LogP contribution in [0.1, 0.15) is 24.0 Å². The van der Waals surface area contributed by atoms with E-state index in [1.807, 2.05) is 19.2 Å². The summed E-state index contributed by atoms with van der Waals surface area (Å²) in [4.78, 5) is 16.0. The van der Waals surface area contributed by atoms with Crippen molar-refractivity contribution in [2.45, 2.75) is 26.3 Å². The number of nitrogens with one attached hydrogen (secondary N) is 2. The standard InChI is InChI=1S/C13H19N3O/c1-10-4-6-15-8-12(10)9-16-13(17)11-3-2-5-14-7-11/h4,6,8,11,14H,2-3,5,7,9H2,1H3,(H,16,17). The van der Waals surface area contributed by atoms with Crippen LogP contribution in [0.25, 0.3) is 0 Å². The third-order valence-corrected chi connectivity index (χ3v) is 3.27. The molecule has 0 radical (unpaired) electrons. The van der Waals surface area contributed by atoms with E-state index in [0.29, 0.717) is 6.54 Å². The number of carbonyl (C=O) groups is 1. The van der Waals surface area contributed by atoms with Crippen molar-refractivity contribution in [1.29, 1.82) is 0 Å². The molecule has 1 aliphatic rings. The van der Waals surface area contributed by atoms with Gasteiger partial charge in [-0.2, -0.15) is 0 Å². The summed E-state index contributed by atoms with van der Waals surface area (Å²) in [5.41, 5.74) is 2.26. The fourth-order valence-corrected chi connectivity index (χ4v) is 2.08. The molecule has 1 aromatic rings. The zero-order chi connectivity index (χ0) is 12.1. The molecule has 0 spiro atoms. The Morgan fingerprint density at radius 3 is 3.24 bits per heavy atom. The van der Waals surface area contributed by atoms with E-state index in [-0.39, 0.29) is 11.8 Å². The quantitative estimate of drug-likeness (QED) is 0.819. The maximum absolute atomic E-state index is 11.9. The lowest BCUT2D eigenvalue weighted by atomic mass is 9.99. The summed E-state index contributed by atoms with van der Waals surface area (Å²) in [6.45, 7) is 4.45. The van der Waals surface area contributed by atoms with Gasteiger partial charge in [0.2, 0.25) is 5.91 Å². The summed E-state index contributed by atoms with van der Waals surface area (Å²) < 4.78 is 0. The van der Waals surface area contributed by atoms with Crippen molar-refractivity contribution in [2.24, 2.45) is 5.92 Å². The van der Waals surface area contributed by atoms with Crippen LogP contribution in [0.2, 0.25) is 0 Å². The molecule has 4 heteroatoms. The van der Waals surface area contributed by atoms with Gasteiger partial charge in [0.05, 0.1) is 5.92 Å². The van der Waals surface area contributed by atoms with E-state index in [1.165, 1.54) is 5.56 Å². The first-order valence-electron chi connectivity index (χ1n) is 6.15. The topological polar surface area (TPSA) is 54.0 Å². The first-order chi connectivity index (χ1) is 8.27. The van der Waals surface area contributed by atoms with Crippen molar-refractivity contribution >= 4 is 5.91 Å². The van der Waals surface area contributed by atoms with Gasteiger partial charge in [-0.3, -0.25) is 9.78 Å². The molecule has 0 aromatic carbocycles. The predicted molar refractivity (Wildman–Crippen MR) is 66.4 cm³/mol. The number of aromatic nitrogens is 1. The van der Waals surface area contributed by atoms with Crippen molar-refractivity contribution < 1.29 is 4.79 Å². The Morgan fingerprint density at radius 2 is 2.53 bits per heavy atom. The largest absolute Gasteiger partial charge is 0.352 e. The highest BCUT2D eigenvalue weighted by Crippen LogP contribution is 2.10. The van der Waals surface area contributed by atoms with Crippen molar-refractivity contribution in [2.75, 3.05) is 13.1 Å². The number of rotatable bonds is 3. The molecule has 1 amide bonds. The highest BCUT2D eigenvalue weighted by atomic mass is 16.1. The van der Waals surface area contributed by atoms with Gasteiger partial charge in [0.1, 0.15) is 0 Å². The monoisotopic (exact) mass is 233 g/mol. The number of hydrogen-bond acceptors (Lipinski definition) is 3. The number of nitrogens with zero attached hydrogens (tertiary/aromatic N) is 1. The molecule has 1 unspecified atom stereocenters. The van der Waals surface area contributed by atoms with Crippen molar-refractivity contribution in [3.63, 3.8) is 0 Å². The smallest absolute Gasteiger partial charge is 0.224 e. The Hall–Kier alpha value is -1.42. The molecule has 1 aliphatic heterocycles. The van der Waals surface area contributed by atoms with Gasteiger partial charge in [-0.05, 0) is 43.5 Å². The van der Waals surface area contributed by atoms with Crippen molar-refractivity contribution in [1.82, 2.24) is 15.6 Å². The molecule has 4 nitrogen and oxygen atoms in total. The molecule has 1 saturated heterocycles. The van der Waals surface area contributed by atoms with Crippen LogP contribution in [0.15, 0.2) is 18.5 Å². The number of pyridine rings is 1. The normalized spacial score (nSPS) is 19.9. The van der Waals surface area contributed by atoms with Gasteiger partial charge in [0.15, 0.2) is 0 Å². The Balaban J connectivity index is 1.85. The fourth-order valence-electron chi connectivity index (χ4n) is 2.08. The first-order valence-corrected chi connectivity index (χ1v) is 6.15.